The van der Waals surface area contributed by atoms with E-state index in [4.69, 9.17) is 18.0 Å². The van der Waals surface area contributed by atoms with Crippen LogP contribution in [-0.2, 0) is 10.8 Å². The van der Waals surface area contributed by atoms with Gasteiger partial charge in [-0.05, 0) is 31.5 Å². The van der Waals surface area contributed by atoms with Crippen molar-refractivity contribution in [3.63, 3.8) is 0 Å². The number of rotatable bonds is 5. The van der Waals surface area contributed by atoms with Crippen LogP contribution in [0.1, 0.15) is 18.1 Å². The van der Waals surface area contributed by atoms with E-state index in [0.29, 0.717) is 11.5 Å². The fourth-order valence-electron chi connectivity index (χ4n) is 1.39. The molecule has 0 saturated carbocycles. The molecule has 0 aromatic heterocycles. The van der Waals surface area contributed by atoms with Gasteiger partial charge in [-0.15, -0.1) is 0 Å². The van der Waals surface area contributed by atoms with Gasteiger partial charge in [-0.1, -0.05) is 18.3 Å². The standard InChI is InChI=1S/C12H18N2OS2/c1-8-4-5-10(12(13)16)11(6-8)14-7-9(2)17(3)15/h4-6,9,14H,7H2,1-3H3,(H2,13,16). The smallest absolute Gasteiger partial charge is 0.106 e. The van der Waals surface area contributed by atoms with Crippen LogP contribution in [0.25, 0.3) is 0 Å². The molecule has 1 aromatic carbocycles. The quantitative estimate of drug-likeness (QED) is 0.801. The van der Waals surface area contributed by atoms with E-state index in [1.807, 2.05) is 32.0 Å². The maximum absolute atomic E-state index is 11.3. The molecule has 0 fully saturated rings. The lowest BCUT2D eigenvalue weighted by molar-refractivity contribution is 0.679. The van der Waals surface area contributed by atoms with Crippen molar-refractivity contribution in [1.82, 2.24) is 0 Å². The van der Waals surface area contributed by atoms with Crippen LogP contribution in [0.15, 0.2) is 18.2 Å². The minimum atomic E-state index is -0.833. The third-order valence-electron chi connectivity index (χ3n) is 2.59. The second-order valence-electron chi connectivity index (χ2n) is 4.10. The fourth-order valence-corrected chi connectivity index (χ4v) is 1.89. The maximum Gasteiger partial charge on any atom is 0.106 e. The van der Waals surface area contributed by atoms with E-state index in [2.05, 4.69) is 5.32 Å². The van der Waals surface area contributed by atoms with Crippen molar-refractivity contribution < 1.29 is 4.21 Å². The number of anilines is 1. The Morgan fingerprint density at radius 3 is 2.76 bits per heavy atom. The van der Waals surface area contributed by atoms with E-state index in [9.17, 15) is 4.21 Å². The summed E-state index contributed by atoms with van der Waals surface area (Å²) in [6.45, 7) is 4.59. The van der Waals surface area contributed by atoms with Crippen molar-refractivity contribution in [2.75, 3.05) is 18.1 Å². The first-order valence-electron chi connectivity index (χ1n) is 5.38. The molecule has 0 heterocycles. The van der Waals surface area contributed by atoms with Crippen LogP contribution in [0.2, 0.25) is 0 Å². The third kappa shape index (κ3) is 4.09. The molecular formula is C12H18N2OS2. The summed E-state index contributed by atoms with van der Waals surface area (Å²) in [5, 5.41) is 3.35. The van der Waals surface area contributed by atoms with Crippen molar-refractivity contribution in [2.45, 2.75) is 19.1 Å². The van der Waals surface area contributed by atoms with Crippen LogP contribution in [0.3, 0.4) is 0 Å². The number of thiocarbonyl (C=S) groups is 1. The van der Waals surface area contributed by atoms with Crippen LogP contribution in [0.4, 0.5) is 5.69 Å². The molecule has 0 aliphatic rings. The van der Waals surface area contributed by atoms with E-state index in [-0.39, 0.29) is 5.25 Å². The summed E-state index contributed by atoms with van der Waals surface area (Å²) in [5.41, 5.74) is 8.54. The minimum Gasteiger partial charge on any atom is -0.389 e. The Bertz CT molecular complexity index is 446. The average Bonchev–Trinajstić information content (AvgIpc) is 2.25. The Morgan fingerprint density at radius 2 is 2.24 bits per heavy atom. The summed E-state index contributed by atoms with van der Waals surface area (Å²) in [5.74, 6) is 0. The van der Waals surface area contributed by atoms with E-state index in [1.165, 1.54) is 0 Å². The summed E-state index contributed by atoms with van der Waals surface area (Å²) < 4.78 is 11.3. The van der Waals surface area contributed by atoms with Gasteiger partial charge in [0.2, 0.25) is 0 Å². The number of aryl methyl sites for hydroxylation is 1. The summed E-state index contributed by atoms with van der Waals surface area (Å²) in [4.78, 5) is 0.373. The molecule has 2 unspecified atom stereocenters. The minimum absolute atomic E-state index is 0.0923. The lowest BCUT2D eigenvalue weighted by Crippen LogP contribution is -2.22. The van der Waals surface area contributed by atoms with Gasteiger partial charge >= 0.3 is 0 Å². The van der Waals surface area contributed by atoms with Crippen LogP contribution >= 0.6 is 12.2 Å². The summed E-state index contributed by atoms with van der Waals surface area (Å²) in [6.07, 6.45) is 1.71. The van der Waals surface area contributed by atoms with Crippen molar-refractivity contribution >= 4 is 33.7 Å². The molecule has 0 aliphatic carbocycles. The molecule has 17 heavy (non-hydrogen) atoms. The highest BCUT2D eigenvalue weighted by Crippen LogP contribution is 2.17. The second-order valence-corrected chi connectivity index (χ2v) is 6.35. The summed E-state index contributed by atoms with van der Waals surface area (Å²) in [7, 11) is -0.833. The first-order valence-corrected chi connectivity index (χ1v) is 7.41. The molecule has 0 saturated heterocycles. The maximum atomic E-state index is 11.3. The predicted octanol–water partition coefficient (Wildman–Crippen LogP) is 1.81. The van der Waals surface area contributed by atoms with Crippen molar-refractivity contribution in [2.24, 2.45) is 5.73 Å². The zero-order chi connectivity index (χ0) is 13.0. The normalized spacial score (nSPS) is 14.1. The molecule has 1 aromatic rings. The van der Waals surface area contributed by atoms with Gasteiger partial charge in [-0.3, -0.25) is 4.21 Å². The number of nitrogens with two attached hydrogens (primary N) is 1. The van der Waals surface area contributed by atoms with Crippen molar-refractivity contribution in [1.29, 1.82) is 0 Å². The molecule has 0 amide bonds. The number of hydrogen-bond acceptors (Lipinski definition) is 3. The van der Waals surface area contributed by atoms with Gasteiger partial charge in [0.1, 0.15) is 4.99 Å². The lowest BCUT2D eigenvalue weighted by atomic mass is 10.1. The second kappa shape index (κ2) is 6.12. The van der Waals surface area contributed by atoms with Crippen molar-refractivity contribution in [3.05, 3.63) is 29.3 Å². The average molecular weight is 270 g/mol. The van der Waals surface area contributed by atoms with E-state index < -0.39 is 10.8 Å². The fraction of sp³-hybridized carbons (Fsp3) is 0.417. The molecule has 0 aliphatic heterocycles. The zero-order valence-corrected chi connectivity index (χ0v) is 12.0. The predicted molar refractivity (Wildman–Crippen MR) is 79.1 cm³/mol. The molecule has 1 rings (SSSR count). The van der Waals surface area contributed by atoms with E-state index >= 15 is 0 Å². The molecule has 0 spiro atoms. The van der Waals surface area contributed by atoms with Crippen LogP contribution in [-0.4, -0.2) is 27.2 Å². The van der Waals surface area contributed by atoms with Crippen molar-refractivity contribution in [3.8, 4) is 0 Å². The van der Waals surface area contributed by atoms with Crippen LogP contribution in [0.5, 0.6) is 0 Å². The number of nitrogens with one attached hydrogen (secondary N) is 1. The molecule has 2 atom stereocenters. The molecule has 0 bridgehead atoms. The van der Waals surface area contributed by atoms with Gasteiger partial charge in [0.25, 0.3) is 0 Å². The van der Waals surface area contributed by atoms with Gasteiger partial charge in [-0.25, -0.2) is 0 Å². The molecular weight excluding hydrogens is 252 g/mol. The Hall–Kier alpha value is -0.940. The topological polar surface area (TPSA) is 55.1 Å². The Balaban J connectivity index is 2.85. The van der Waals surface area contributed by atoms with Gasteiger partial charge in [-0.2, -0.15) is 0 Å². The molecule has 5 heteroatoms. The summed E-state index contributed by atoms with van der Waals surface area (Å²) >= 11 is 5.00. The first kappa shape index (κ1) is 14.1. The molecule has 3 N–H and O–H groups in total. The zero-order valence-electron chi connectivity index (χ0n) is 10.3. The van der Waals surface area contributed by atoms with Gasteiger partial charge in [0.15, 0.2) is 0 Å². The highest BCUT2D eigenvalue weighted by Gasteiger charge is 2.09. The third-order valence-corrected chi connectivity index (χ3v) is 4.11. The van der Waals surface area contributed by atoms with E-state index in [0.717, 1.165) is 16.8 Å². The lowest BCUT2D eigenvalue weighted by Gasteiger charge is -2.14. The molecule has 94 valence electrons. The summed E-state index contributed by atoms with van der Waals surface area (Å²) in [6, 6.07) is 5.88. The number of benzene rings is 1. The Morgan fingerprint density at radius 1 is 1.59 bits per heavy atom. The van der Waals surface area contributed by atoms with Crippen LogP contribution < -0.4 is 11.1 Å². The van der Waals surface area contributed by atoms with Gasteiger partial charge in [0.05, 0.1) is 0 Å². The largest absolute Gasteiger partial charge is 0.389 e. The first-order chi connectivity index (χ1) is 7.91. The van der Waals surface area contributed by atoms with Gasteiger partial charge < -0.3 is 11.1 Å². The number of hydrogen-bond donors (Lipinski definition) is 2. The monoisotopic (exact) mass is 270 g/mol. The molecule has 3 nitrogen and oxygen atoms in total. The van der Waals surface area contributed by atoms with Crippen LogP contribution in [0, 0.1) is 6.92 Å². The molecule has 0 radical (unpaired) electrons. The highest BCUT2D eigenvalue weighted by molar-refractivity contribution is 7.84. The van der Waals surface area contributed by atoms with Gasteiger partial charge in [0, 0.05) is 40.1 Å². The highest BCUT2D eigenvalue weighted by atomic mass is 32.2. The van der Waals surface area contributed by atoms with E-state index in [1.54, 1.807) is 6.26 Å². The Labute approximate surface area is 110 Å². The SMILES string of the molecule is Cc1ccc(C(N)=S)c(NCC(C)S(C)=O)c1. The Kier molecular flexibility index (Phi) is 5.08.